The van der Waals surface area contributed by atoms with Gasteiger partial charge in [0.05, 0.1) is 5.69 Å². The van der Waals surface area contributed by atoms with Crippen molar-refractivity contribution in [1.82, 2.24) is 4.31 Å². The van der Waals surface area contributed by atoms with Crippen LogP contribution in [0, 0.1) is 12.8 Å². The predicted molar refractivity (Wildman–Crippen MR) is 81.4 cm³/mol. The minimum absolute atomic E-state index is 0.601. The molecule has 1 N–H and O–H groups in total. The molecule has 1 aromatic rings. The molecule has 4 nitrogen and oxygen atoms in total. The van der Waals surface area contributed by atoms with Gasteiger partial charge < -0.3 is 0 Å². The standard InChI is InChI=1S/C13H19BrN2O2S/c1-10-3-5-16(6-4-10)19(17,18)15-13-8-11(2)7-12(14)9-13/h7-10,15H,3-6H2,1-2H3. The first-order chi connectivity index (χ1) is 8.87. The third-order valence-electron chi connectivity index (χ3n) is 3.37. The van der Waals surface area contributed by atoms with Crippen LogP contribution < -0.4 is 4.72 Å². The minimum Gasteiger partial charge on any atom is -0.271 e. The molecule has 1 fully saturated rings. The van der Waals surface area contributed by atoms with Crippen LogP contribution in [0.2, 0.25) is 0 Å². The molecule has 0 unspecified atom stereocenters. The van der Waals surface area contributed by atoms with Crippen molar-refractivity contribution in [3.63, 3.8) is 0 Å². The van der Waals surface area contributed by atoms with Gasteiger partial charge in [-0.05, 0) is 49.4 Å². The summed E-state index contributed by atoms with van der Waals surface area (Å²) < 4.78 is 29.6. The molecule has 0 aromatic heterocycles. The van der Waals surface area contributed by atoms with E-state index in [0.29, 0.717) is 24.7 Å². The predicted octanol–water partition coefficient (Wildman–Crippen LogP) is 3.15. The second-order valence-electron chi connectivity index (χ2n) is 5.21. The van der Waals surface area contributed by atoms with Crippen molar-refractivity contribution in [3.05, 3.63) is 28.2 Å². The van der Waals surface area contributed by atoms with Crippen molar-refractivity contribution in [2.75, 3.05) is 17.8 Å². The highest BCUT2D eigenvalue weighted by molar-refractivity contribution is 9.10. The molecule has 2 rings (SSSR count). The summed E-state index contributed by atoms with van der Waals surface area (Å²) in [5, 5.41) is 0. The molecule has 1 aliphatic heterocycles. The lowest BCUT2D eigenvalue weighted by Gasteiger charge is -2.29. The van der Waals surface area contributed by atoms with Crippen molar-refractivity contribution in [1.29, 1.82) is 0 Å². The lowest BCUT2D eigenvalue weighted by molar-refractivity contribution is 0.289. The average Bonchev–Trinajstić information content (AvgIpc) is 2.27. The van der Waals surface area contributed by atoms with E-state index in [9.17, 15) is 8.42 Å². The molecule has 19 heavy (non-hydrogen) atoms. The molecule has 0 radical (unpaired) electrons. The number of aryl methyl sites for hydroxylation is 1. The zero-order valence-electron chi connectivity index (χ0n) is 11.2. The Labute approximate surface area is 123 Å². The van der Waals surface area contributed by atoms with E-state index in [1.165, 1.54) is 4.31 Å². The number of nitrogens with zero attached hydrogens (tertiary/aromatic N) is 1. The molecule has 0 aliphatic carbocycles. The number of rotatable bonds is 3. The fourth-order valence-corrected chi connectivity index (χ4v) is 4.08. The first kappa shape index (κ1) is 14.8. The summed E-state index contributed by atoms with van der Waals surface area (Å²) in [7, 11) is -3.43. The van der Waals surface area contributed by atoms with Crippen LogP contribution in [0.5, 0.6) is 0 Å². The summed E-state index contributed by atoms with van der Waals surface area (Å²) in [5.41, 5.74) is 1.62. The van der Waals surface area contributed by atoms with E-state index in [-0.39, 0.29) is 0 Å². The van der Waals surface area contributed by atoms with Crippen molar-refractivity contribution in [3.8, 4) is 0 Å². The molecule has 0 spiro atoms. The fraction of sp³-hybridized carbons (Fsp3) is 0.538. The average molecular weight is 347 g/mol. The van der Waals surface area contributed by atoms with Gasteiger partial charge in [0, 0.05) is 17.6 Å². The Bertz CT molecular complexity index is 532. The number of anilines is 1. The van der Waals surface area contributed by atoms with E-state index < -0.39 is 10.2 Å². The summed E-state index contributed by atoms with van der Waals surface area (Å²) in [6.45, 7) is 5.30. The number of hydrogen-bond donors (Lipinski definition) is 1. The first-order valence-corrected chi connectivity index (χ1v) is 8.65. The summed E-state index contributed by atoms with van der Waals surface area (Å²) in [5.74, 6) is 0.611. The van der Waals surface area contributed by atoms with Gasteiger partial charge in [0.25, 0.3) is 0 Å². The van der Waals surface area contributed by atoms with E-state index in [1.54, 1.807) is 6.07 Å². The van der Waals surface area contributed by atoms with Crippen LogP contribution in [0.25, 0.3) is 0 Å². The minimum atomic E-state index is -3.43. The second-order valence-corrected chi connectivity index (χ2v) is 7.79. The maximum atomic E-state index is 12.3. The van der Waals surface area contributed by atoms with Gasteiger partial charge in [-0.2, -0.15) is 12.7 Å². The highest BCUT2D eigenvalue weighted by atomic mass is 79.9. The maximum Gasteiger partial charge on any atom is 0.301 e. The Kier molecular flexibility index (Phi) is 4.53. The van der Waals surface area contributed by atoms with Gasteiger partial charge >= 0.3 is 10.2 Å². The summed E-state index contributed by atoms with van der Waals surface area (Å²) in [6.07, 6.45) is 1.86. The van der Waals surface area contributed by atoms with Crippen LogP contribution in [-0.4, -0.2) is 25.8 Å². The normalized spacial score (nSPS) is 18.5. The van der Waals surface area contributed by atoms with E-state index in [2.05, 4.69) is 27.6 Å². The Morgan fingerprint density at radius 2 is 1.89 bits per heavy atom. The van der Waals surface area contributed by atoms with Crippen molar-refractivity contribution < 1.29 is 8.42 Å². The first-order valence-electron chi connectivity index (χ1n) is 6.42. The molecule has 1 heterocycles. The Balaban J connectivity index is 2.12. The van der Waals surface area contributed by atoms with Crippen LogP contribution in [-0.2, 0) is 10.2 Å². The van der Waals surface area contributed by atoms with Gasteiger partial charge in [-0.15, -0.1) is 0 Å². The summed E-state index contributed by atoms with van der Waals surface area (Å²) in [6, 6.07) is 5.55. The van der Waals surface area contributed by atoms with E-state index in [1.807, 2.05) is 19.1 Å². The largest absolute Gasteiger partial charge is 0.301 e. The van der Waals surface area contributed by atoms with Crippen LogP contribution in [0.3, 0.4) is 0 Å². The molecule has 1 aromatic carbocycles. The lowest BCUT2D eigenvalue weighted by Crippen LogP contribution is -2.41. The Hall–Kier alpha value is -0.590. The third-order valence-corrected chi connectivity index (χ3v) is 5.37. The molecule has 0 saturated carbocycles. The number of benzene rings is 1. The smallest absolute Gasteiger partial charge is 0.271 e. The van der Waals surface area contributed by atoms with E-state index in [4.69, 9.17) is 0 Å². The highest BCUT2D eigenvalue weighted by Crippen LogP contribution is 2.23. The van der Waals surface area contributed by atoms with Crippen molar-refractivity contribution in [2.24, 2.45) is 5.92 Å². The molecule has 6 heteroatoms. The van der Waals surface area contributed by atoms with E-state index in [0.717, 1.165) is 22.9 Å². The summed E-state index contributed by atoms with van der Waals surface area (Å²) >= 11 is 3.38. The van der Waals surface area contributed by atoms with Gasteiger partial charge in [0.15, 0.2) is 0 Å². The molecule has 0 amide bonds. The number of nitrogens with one attached hydrogen (secondary N) is 1. The van der Waals surface area contributed by atoms with Crippen LogP contribution in [0.1, 0.15) is 25.3 Å². The molecule has 1 aliphatic rings. The van der Waals surface area contributed by atoms with Gasteiger partial charge in [0.2, 0.25) is 0 Å². The van der Waals surface area contributed by atoms with Gasteiger partial charge in [-0.25, -0.2) is 0 Å². The SMILES string of the molecule is Cc1cc(Br)cc(NS(=O)(=O)N2CCC(C)CC2)c1. The third kappa shape index (κ3) is 3.94. The molecule has 1 saturated heterocycles. The van der Waals surface area contributed by atoms with Crippen molar-refractivity contribution in [2.45, 2.75) is 26.7 Å². The van der Waals surface area contributed by atoms with Crippen LogP contribution in [0.15, 0.2) is 22.7 Å². The molecular formula is C13H19BrN2O2S. The quantitative estimate of drug-likeness (QED) is 0.913. The number of halogens is 1. The van der Waals surface area contributed by atoms with Gasteiger partial charge in [-0.1, -0.05) is 22.9 Å². The number of piperidine rings is 1. The fourth-order valence-electron chi connectivity index (χ4n) is 2.23. The van der Waals surface area contributed by atoms with E-state index >= 15 is 0 Å². The highest BCUT2D eigenvalue weighted by Gasteiger charge is 2.26. The monoisotopic (exact) mass is 346 g/mol. The maximum absolute atomic E-state index is 12.3. The molecule has 106 valence electrons. The summed E-state index contributed by atoms with van der Waals surface area (Å²) in [4.78, 5) is 0. The molecule has 0 bridgehead atoms. The Morgan fingerprint density at radius 3 is 2.47 bits per heavy atom. The zero-order valence-corrected chi connectivity index (χ0v) is 13.6. The zero-order chi connectivity index (χ0) is 14.0. The van der Waals surface area contributed by atoms with Gasteiger partial charge in [0.1, 0.15) is 0 Å². The van der Waals surface area contributed by atoms with Crippen LogP contribution >= 0.6 is 15.9 Å². The topological polar surface area (TPSA) is 49.4 Å². The molecule has 0 atom stereocenters. The Morgan fingerprint density at radius 1 is 1.26 bits per heavy atom. The molecular weight excluding hydrogens is 328 g/mol. The second kappa shape index (κ2) is 5.81. The van der Waals surface area contributed by atoms with Crippen LogP contribution in [0.4, 0.5) is 5.69 Å². The van der Waals surface area contributed by atoms with Gasteiger partial charge in [-0.3, -0.25) is 4.72 Å². The van der Waals surface area contributed by atoms with Crippen molar-refractivity contribution >= 4 is 31.8 Å². The lowest BCUT2D eigenvalue weighted by atomic mass is 10.0. The number of hydrogen-bond acceptors (Lipinski definition) is 2.